The molecular weight excluding hydrogens is 628 g/mol. The van der Waals surface area contributed by atoms with Crippen LogP contribution in [0.25, 0.3) is 0 Å². The molecule has 4 N–H and O–H groups in total. The van der Waals surface area contributed by atoms with Gasteiger partial charge in [0, 0.05) is 65.6 Å². The number of aryl methyl sites for hydroxylation is 2. The van der Waals surface area contributed by atoms with E-state index in [1.807, 2.05) is 0 Å². The van der Waals surface area contributed by atoms with Crippen molar-refractivity contribution in [2.75, 3.05) is 65.6 Å². The van der Waals surface area contributed by atoms with E-state index in [9.17, 15) is 9.59 Å². The van der Waals surface area contributed by atoms with Gasteiger partial charge in [-0.05, 0) is 86.5 Å². The Hall–Kier alpha value is -2.86. The van der Waals surface area contributed by atoms with Gasteiger partial charge in [0.2, 0.25) is 11.8 Å². The first-order valence-electron chi connectivity index (χ1n) is 19.5. The molecule has 0 saturated carbocycles. The summed E-state index contributed by atoms with van der Waals surface area (Å²) >= 11 is 0. The lowest BCUT2D eigenvalue weighted by Gasteiger charge is -2.34. The third-order valence-electron chi connectivity index (χ3n) is 11.6. The highest BCUT2D eigenvalue weighted by molar-refractivity contribution is 5.83. The number of carbonyl (C=O) groups excluding carboxylic acids is 2. The van der Waals surface area contributed by atoms with Crippen molar-refractivity contribution < 1.29 is 19.1 Å². The van der Waals surface area contributed by atoms with Gasteiger partial charge in [0.15, 0.2) is 0 Å². The number of benzene rings is 2. The maximum Gasteiger partial charge on any atom is 0.237 e. The molecule has 2 aromatic rings. The number of nitrogens with one attached hydrogen (secondary N) is 4. The molecule has 2 aromatic carbocycles. The minimum atomic E-state index is -0.170. The fraction of sp³-hybridized carbons (Fsp3) is 0.650. The average Bonchev–Trinajstić information content (AvgIpc) is 3.84. The van der Waals surface area contributed by atoms with Gasteiger partial charge in [0.1, 0.15) is 0 Å². The summed E-state index contributed by atoms with van der Waals surface area (Å²) < 4.78 is 12.4. The largest absolute Gasteiger partial charge is 0.377 e. The highest BCUT2D eigenvalue weighted by Crippen LogP contribution is 2.31. The van der Waals surface area contributed by atoms with Crippen LogP contribution in [-0.4, -0.2) is 111 Å². The van der Waals surface area contributed by atoms with Crippen molar-refractivity contribution in [2.24, 2.45) is 0 Å². The summed E-state index contributed by atoms with van der Waals surface area (Å²) in [4.78, 5) is 31.2. The Morgan fingerprint density at radius 2 is 1.10 bits per heavy atom. The van der Waals surface area contributed by atoms with Gasteiger partial charge in [-0.2, -0.15) is 0 Å². The van der Waals surface area contributed by atoms with Crippen molar-refractivity contribution in [3.63, 3.8) is 0 Å². The van der Waals surface area contributed by atoms with E-state index in [0.29, 0.717) is 0 Å². The second kappa shape index (κ2) is 17.6. The summed E-state index contributed by atoms with van der Waals surface area (Å²) in [5.74, 6) is 0.208. The van der Waals surface area contributed by atoms with Crippen LogP contribution in [0.3, 0.4) is 0 Å². The molecule has 7 rings (SSSR count). The lowest BCUT2D eigenvalue weighted by molar-refractivity contribution is -0.124. The zero-order valence-corrected chi connectivity index (χ0v) is 29.8. The normalized spacial score (nSPS) is 28.6. The van der Waals surface area contributed by atoms with E-state index < -0.39 is 0 Å². The van der Waals surface area contributed by atoms with Crippen LogP contribution in [0.15, 0.2) is 48.5 Å². The number of fused-ring (bicyclic) bond motifs is 2. The Balaban J connectivity index is 0.705. The Morgan fingerprint density at radius 3 is 1.56 bits per heavy atom. The van der Waals surface area contributed by atoms with Crippen LogP contribution < -0.4 is 21.3 Å². The van der Waals surface area contributed by atoms with Gasteiger partial charge in [-0.15, -0.1) is 0 Å². The second-order valence-electron chi connectivity index (χ2n) is 15.1. The molecule has 3 heterocycles. The first kappa shape index (κ1) is 35.5. The summed E-state index contributed by atoms with van der Waals surface area (Å²) in [6, 6.07) is 16.9. The summed E-state index contributed by atoms with van der Waals surface area (Å²) in [6.45, 7) is 9.43. The smallest absolute Gasteiger partial charge is 0.237 e. The Kier molecular flexibility index (Phi) is 12.5. The second-order valence-corrected chi connectivity index (χ2v) is 15.1. The number of hydrogen-bond donors (Lipinski definition) is 4. The fourth-order valence-corrected chi connectivity index (χ4v) is 8.73. The van der Waals surface area contributed by atoms with Crippen LogP contribution in [0.1, 0.15) is 85.7 Å². The van der Waals surface area contributed by atoms with Crippen molar-refractivity contribution >= 4 is 11.8 Å². The maximum atomic E-state index is 13.0. The first-order valence-corrected chi connectivity index (χ1v) is 19.5. The molecule has 3 fully saturated rings. The number of piperazine rings is 1. The van der Waals surface area contributed by atoms with Crippen LogP contribution in [0, 0.1) is 0 Å². The topological polar surface area (TPSA) is 107 Å². The molecule has 2 aliphatic carbocycles. The molecular formula is C40H58N6O4. The van der Waals surface area contributed by atoms with Crippen LogP contribution in [0.5, 0.6) is 0 Å². The zero-order valence-electron chi connectivity index (χ0n) is 29.8. The Bertz CT molecular complexity index is 1310. The van der Waals surface area contributed by atoms with Crippen LogP contribution >= 0.6 is 0 Å². The molecule has 0 bridgehead atoms. The van der Waals surface area contributed by atoms with E-state index in [2.05, 4.69) is 79.6 Å². The molecule has 0 spiro atoms. The highest BCUT2D eigenvalue weighted by Gasteiger charge is 2.33. The van der Waals surface area contributed by atoms with Crippen molar-refractivity contribution in [2.45, 2.75) is 101 Å². The third-order valence-corrected chi connectivity index (χ3v) is 11.6. The molecule has 272 valence electrons. The van der Waals surface area contributed by atoms with Gasteiger partial charge < -0.3 is 40.5 Å². The lowest BCUT2D eigenvalue weighted by atomic mass is 9.87. The van der Waals surface area contributed by atoms with E-state index in [0.717, 1.165) is 130 Å². The number of ether oxygens (including phenoxy) is 2. The molecule has 6 atom stereocenters. The Morgan fingerprint density at radius 1 is 0.660 bits per heavy atom. The monoisotopic (exact) mass is 686 g/mol. The molecule has 5 aliphatic rings. The standard InChI is InChI=1S/C40H58N6O4/c47-39(43-35-15-5-11-29-9-1-3-13-33(29)35)37-25-31(27-41-37)49-23-7-17-45-19-21-46(22-20-45)18-8-24-50-32-26-38(42-28-32)40(48)44-36-16-6-12-30-10-2-4-14-34(30)36/h1-4,9-10,13-14,31-32,35-38,41-42H,5-8,11-12,15-28H2,(H,43,47)(H,44,48)/t31-,32-,35+,36+,37-,38-/m0/s1. The summed E-state index contributed by atoms with van der Waals surface area (Å²) in [7, 11) is 0. The molecule has 50 heavy (non-hydrogen) atoms. The SMILES string of the molecule is O=C(N[C@@H]1CCCc2ccccc21)[C@@H]1C[C@H](OCCCN2CCN(CCCO[C@@H]3CN[C@H](C(=O)N[C@@H]4CCCc5ccccc54)C3)CC2)CN1. The fourth-order valence-electron chi connectivity index (χ4n) is 8.73. The molecule has 0 aromatic heterocycles. The molecule has 10 heteroatoms. The van der Waals surface area contributed by atoms with Gasteiger partial charge in [-0.1, -0.05) is 48.5 Å². The van der Waals surface area contributed by atoms with Crippen LogP contribution in [0.2, 0.25) is 0 Å². The Labute approximate surface area is 298 Å². The molecule has 0 unspecified atom stereocenters. The third kappa shape index (κ3) is 9.32. The number of carbonyl (C=O) groups is 2. The van der Waals surface area contributed by atoms with Crippen molar-refractivity contribution in [1.82, 2.24) is 31.1 Å². The van der Waals surface area contributed by atoms with E-state index >= 15 is 0 Å². The summed E-state index contributed by atoms with van der Waals surface area (Å²) in [5, 5.41) is 13.4. The number of hydrogen-bond acceptors (Lipinski definition) is 8. The van der Waals surface area contributed by atoms with Gasteiger partial charge >= 0.3 is 0 Å². The quantitative estimate of drug-likeness (QED) is 0.225. The highest BCUT2D eigenvalue weighted by atomic mass is 16.5. The van der Waals surface area contributed by atoms with Gasteiger partial charge in [-0.3, -0.25) is 9.59 Å². The maximum absolute atomic E-state index is 13.0. The number of rotatable bonds is 14. The van der Waals surface area contributed by atoms with Gasteiger partial charge in [-0.25, -0.2) is 0 Å². The average molecular weight is 687 g/mol. The molecule has 0 radical (unpaired) electrons. The lowest BCUT2D eigenvalue weighted by Crippen LogP contribution is -2.47. The van der Waals surface area contributed by atoms with E-state index in [1.165, 1.54) is 22.3 Å². The summed E-state index contributed by atoms with van der Waals surface area (Å²) in [6.07, 6.45) is 10.2. The van der Waals surface area contributed by atoms with Gasteiger partial charge in [0.25, 0.3) is 0 Å². The van der Waals surface area contributed by atoms with E-state index in [1.54, 1.807) is 0 Å². The predicted octanol–water partition coefficient (Wildman–Crippen LogP) is 3.27. The van der Waals surface area contributed by atoms with Crippen molar-refractivity contribution in [1.29, 1.82) is 0 Å². The number of amides is 2. The molecule has 2 amide bonds. The first-order chi connectivity index (χ1) is 24.6. The van der Waals surface area contributed by atoms with E-state index in [4.69, 9.17) is 9.47 Å². The van der Waals surface area contributed by atoms with Gasteiger partial charge in [0.05, 0.1) is 36.4 Å². The van der Waals surface area contributed by atoms with Crippen LogP contribution in [-0.2, 0) is 31.9 Å². The van der Waals surface area contributed by atoms with E-state index in [-0.39, 0.29) is 48.2 Å². The number of nitrogens with zero attached hydrogens (tertiary/aromatic N) is 2. The van der Waals surface area contributed by atoms with Crippen LogP contribution in [0.4, 0.5) is 0 Å². The molecule has 3 aliphatic heterocycles. The predicted molar refractivity (Wildman–Crippen MR) is 195 cm³/mol. The van der Waals surface area contributed by atoms with Crippen molar-refractivity contribution in [3.8, 4) is 0 Å². The zero-order chi connectivity index (χ0) is 34.1. The minimum absolute atomic E-state index is 0.103. The minimum Gasteiger partial charge on any atom is -0.377 e. The molecule has 10 nitrogen and oxygen atoms in total. The summed E-state index contributed by atoms with van der Waals surface area (Å²) in [5.41, 5.74) is 5.30. The molecule has 3 saturated heterocycles. The van der Waals surface area contributed by atoms with Crippen molar-refractivity contribution in [3.05, 3.63) is 70.8 Å².